The van der Waals surface area contributed by atoms with E-state index in [1.165, 1.54) is 0 Å². The summed E-state index contributed by atoms with van der Waals surface area (Å²) in [4.78, 5) is 18.7. The average molecular weight is 366 g/mol. The average Bonchev–Trinajstić information content (AvgIpc) is 2.99. The highest BCUT2D eigenvalue weighted by Crippen LogP contribution is 2.33. The van der Waals surface area contributed by atoms with Crippen LogP contribution in [0.2, 0.25) is 5.02 Å². The molecule has 2 aromatic rings. The smallest absolute Gasteiger partial charge is 0.254 e. The molecule has 1 aromatic carbocycles. The Bertz CT molecular complexity index is 663. The Morgan fingerprint density at radius 2 is 2.05 bits per heavy atom. The van der Waals surface area contributed by atoms with Crippen molar-refractivity contribution in [3.8, 4) is 0 Å². The number of carbonyl (C=O) groups excluding carboxylic acids is 1. The molecule has 3 rings (SSSR count). The van der Waals surface area contributed by atoms with E-state index in [4.69, 9.17) is 11.6 Å². The van der Waals surface area contributed by atoms with Crippen molar-refractivity contribution in [1.82, 2.24) is 9.88 Å². The van der Waals surface area contributed by atoms with Gasteiger partial charge >= 0.3 is 0 Å². The van der Waals surface area contributed by atoms with E-state index in [9.17, 15) is 4.79 Å². The van der Waals surface area contributed by atoms with Gasteiger partial charge in [0.2, 0.25) is 0 Å². The van der Waals surface area contributed by atoms with Crippen LogP contribution in [0.4, 0.5) is 0 Å². The van der Waals surface area contributed by atoms with Gasteiger partial charge < -0.3 is 4.90 Å². The first-order valence-corrected chi connectivity index (χ1v) is 8.00. The van der Waals surface area contributed by atoms with Crippen LogP contribution < -0.4 is 0 Å². The molecule has 1 aliphatic heterocycles. The molecule has 1 aromatic heterocycles. The number of carbonyl (C=O) groups is 1. The van der Waals surface area contributed by atoms with Crippen molar-refractivity contribution in [1.29, 1.82) is 0 Å². The first kappa shape index (κ1) is 14.5. The summed E-state index contributed by atoms with van der Waals surface area (Å²) in [6.07, 6.45) is 5.56. The van der Waals surface area contributed by atoms with Crippen molar-refractivity contribution in [3.05, 3.63) is 63.3 Å². The van der Waals surface area contributed by atoms with Crippen LogP contribution in [0.25, 0.3) is 0 Å². The Balaban J connectivity index is 1.88. The highest BCUT2D eigenvalue weighted by Gasteiger charge is 2.30. The number of hydrogen-bond donors (Lipinski definition) is 0. The van der Waals surface area contributed by atoms with Crippen LogP contribution in [0, 0.1) is 0 Å². The number of aromatic nitrogens is 1. The molecule has 1 amide bonds. The van der Waals surface area contributed by atoms with Gasteiger partial charge in [-0.25, -0.2) is 0 Å². The summed E-state index contributed by atoms with van der Waals surface area (Å²) in [5, 5.41) is 0.610. The van der Waals surface area contributed by atoms with Crippen molar-refractivity contribution >= 4 is 33.4 Å². The maximum atomic E-state index is 12.7. The number of hydrogen-bond acceptors (Lipinski definition) is 2. The zero-order chi connectivity index (χ0) is 14.8. The van der Waals surface area contributed by atoms with E-state index >= 15 is 0 Å². The Labute approximate surface area is 137 Å². The second-order valence-corrected chi connectivity index (χ2v) is 6.33. The minimum Gasteiger partial charge on any atom is -0.332 e. The number of amides is 1. The monoisotopic (exact) mass is 364 g/mol. The molecule has 108 valence electrons. The van der Waals surface area contributed by atoms with Crippen molar-refractivity contribution in [2.75, 3.05) is 6.54 Å². The summed E-state index contributed by atoms with van der Waals surface area (Å²) in [6, 6.07) is 9.40. The van der Waals surface area contributed by atoms with Crippen LogP contribution in [0.15, 0.2) is 47.2 Å². The fraction of sp³-hybridized carbons (Fsp3) is 0.250. The van der Waals surface area contributed by atoms with Crippen LogP contribution in [-0.4, -0.2) is 22.3 Å². The van der Waals surface area contributed by atoms with Crippen LogP contribution in [0.5, 0.6) is 0 Å². The third-order valence-electron chi connectivity index (χ3n) is 3.77. The molecule has 0 saturated carbocycles. The van der Waals surface area contributed by atoms with Crippen molar-refractivity contribution in [2.24, 2.45) is 0 Å². The number of nitrogens with zero attached hydrogens (tertiary/aromatic N) is 2. The van der Waals surface area contributed by atoms with E-state index < -0.39 is 0 Å². The predicted octanol–water partition coefficient (Wildman–Crippen LogP) is 4.47. The lowest BCUT2D eigenvalue weighted by atomic mass is 10.1. The Hall–Kier alpha value is -1.39. The number of pyridine rings is 1. The maximum Gasteiger partial charge on any atom is 0.254 e. The summed E-state index contributed by atoms with van der Waals surface area (Å²) in [5.74, 6) is 0.0479. The standard InChI is InChI=1S/C16H14BrClN2O/c17-13-10-12(3-4-14(13)18)16(21)20-9-1-2-15(20)11-5-7-19-8-6-11/h3-8,10,15H,1-2,9H2. The topological polar surface area (TPSA) is 33.2 Å². The van der Waals surface area contributed by atoms with E-state index in [1.807, 2.05) is 17.0 Å². The quantitative estimate of drug-likeness (QED) is 0.786. The van der Waals surface area contributed by atoms with Gasteiger partial charge in [-0.1, -0.05) is 11.6 Å². The Kier molecular flexibility index (Phi) is 4.27. The zero-order valence-corrected chi connectivity index (χ0v) is 13.6. The summed E-state index contributed by atoms with van der Waals surface area (Å²) in [7, 11) is 0. The fourth-order valence-corrected chi connectivity index (χ4v) is 3.23. The van der Waals surface area contributed by atoms with Crippen molar-refractivity contribution in [2.45, 2.75) is 18.9 Å². The predicted molar refractivity (Wildman–Crippen MR) is 86.4 cm³/mol. The molecule has 0 aliphatic carbocycles. The normalized spacial score (nSPS) is 18.0. The van der Waals surface area contributed by atoms with Gasteiger partial charge in [-0.15, -0.1) is 0 Å². The van der Waals surface area contributed by atoms with Crippen molar-refractivity contribution in [3.63, 3.8) is 0 Å². The van der Waals surface area contributed by atoms with Crippen LogP contribution >= 0.6 is 27.5 Å². The van der Waals surface area contributed by atoms with Gasteiger partial charge in [0.05, 0.1) is 11.1 Å². The summed E-state index contributed by atoms with van der Waals surface area (Å²) in [5.41, 5.74) is 1.80. The minimum atomic E-state index is 0.0479. The lowest BCUT2D eigenvalue weighted by Crippen LogP contribution is -2.30. The van der Waals surface area contributed by atoms with Gasteiger partial charge in [0.15, 0.2) is 0 Å². The fourth-order valence-electron chi connectivity index (χ4n) is 2.74. The Morgan fingerprint density at radius 1 is 1.29 bits per heavy atom. The van der Waals surface area contributed by atoms with Gasteiger partial charge in [-0.05, 0) is 64.7 Å². The number of likely N-dealkylation sites (tertiary alicyclic amines) is 1. The van der Waals surface area contributed by atoms with Crippen LogP contribution in [0.3, 0.4) is 0 Å². The summed E-state index contributed by atoms with van der Waals surface area (Å²) < 4.78 is 0.745. The van der Waals surface area contributed by atoms with Gasteiger partial charge in [-0.2, -0.15) is 0 Å². The van der Waals surface area contributed by atoms with E-state index in [-0.39, 0.29) is 11.9 Å². The molecule has 0 N–H and O–H groups in total. The molecule has 1 atom stereocenters. The molecule has 0 bridgehead atoms. The second kappa shape index (κ2) is 6.16. The molecule has 1 saturated heterocycles. The molecular formula is C16H14BrClN2O. The third kappa shape index (κ3) is 2.97. The summed E-state index contributed by atoms with van der Waals surface area (Å²) in [6.45, 7) is 0.784. The highest BCUT2D eigenvalue weighted by molar-refractivity contribution is 9.10. The lowest BCUT2D eigenvalue weighted by molar-refractivity contribution is 0.0735. The molecule has 5 heteroatoms. The summed E-state index contributed by atoms with van der Waals surface area (Å²) >= 11 is 9.36. The zero-order valence-electron chi connectivity index (χ0n) is 11.3. The molecular weight excluding hydrogens is 352 g/mol. The second-order valence-electron chi connectivity index (χ2n) is 5.07. The van der Waals surface area contributed by atoms with E-state index in [0.717, 1.165) is 29.4 Å². The first-order chi connectivity index (χ1) is 10.2. The molecule has 1 unspecified atom stereocenters. The first-order valence-electron chi connectivity index (χ1n) is 6.83. The van der Waals surface area contributed by atoms with E-state index in [1.54, 1.807) is 30.6 Å². The van der Waals surface area contributed by atoms with Crippen molar-refractivity contribution < 1.29 is 4.79 Å². The lowest BCUT2D eigenvalue weighted by Gasteiger charge is -2.25. The molecule has 0 radical (unpaired) electrons. The molecule has 21 heavy (non-hydrogen) atoms. The van der Waals surface area contributed by atoms with Crippen LogP contribution in [-0.2, 0) is 0 Å². The van der Waals surface area contributed by atoms with Gasteiger partial charge in [0, 0.05) is 29.0 Å². The van der Waals surface area contributed by atoms with Gasteiger partial charge in [0.1, 0.15) is 0 Å². The highest BCUT2D eigenvalue weighted by atomic mass is 79.9. The largest absolute Gasteiger partial charge is 0.332 e. The van der Waals surface area contributed by atoms with E-state index in [2.05, 4.69) is 20.9 Å². The van der Waals surface area contributed by atoms with Crippen LogP contribution in [0.1, 0.15) is 34.8 Å². The maximum absolute atomic E-state index is 12.7. The molecule has 3 nitrogen and oxygen atoms in total. The number of halogens is 2. The van der Waals surface area contributed by atoms with Gasteiger partial charge in [0.25, 0.3) is 5.91 Å². The van der Waals surface area contributed by atoms with Gasteiger partial charge in [-0.3, -0.25) is 9.78 Å². The number of benzene rings is 1. The minimum absolute atomic E-state index is 0.0479. The Morgan fingerprint density at radius 3 is 2.76 bits per heavy atom. The number of rotatable bonds is 2. The molecule has 2 heterocycles. The molecule has 0 spiro atoms. The molecule has 1 aliphatic rings. The van der Waals surface area contributed by atoms with E-state index in [0.29, 0.717) is 10.6 Å². The molecule has 1 fully saturated rings. The SMILES string of the molecule is O=C(c1ccc(Cl)c(Br)c1)N1CCCC1c1ccncc1. The third-order valence-corrected chi connectivity index (χ3v) is 4.99.